The van der Waals surface area contributed by atoms with E-state index < -0.39 is 5.54 Å². The molecule has 2 aliphatic rings. The number of nitrogens with zero attached hydrogens (tertiary/aromatic N) is 5. The molecule has 0 radical (unpaired) electrons. The molecule has 2 heterocycles. The summed E-state index contributed by atoms with van der Waals surface area (Å²) in [7, 11) is 0. The van der Waals surface area contributed by atoms with Crippen LogP contribution in [0.25, 0.3) is 22.5 Å². The van der Waals surface area contributed by atoms with Crippen molar-refractivity contribution in [3.05, 3.63) is 54.1 Å². The van der Waals surface area contributed by atoms with Gasteiger partial charge in [0.05, 0.1) is 6.54 Å². The summed E-state index contributed by atoms with van der Waals surface area (Å²) in [5, 5.41) is 14.5. The quantitative estimate of drug-likeness (QED) is 0.511. The standard InChI is InChI=1S/C25H28N6O.Ca.2H/c1-2-3-10-22-26-25(15-6-7-16-25)24(32)31(22)17-18-11-13-19(14-12-18)20-8-4-5-9-21(20)23-27-29-30-28-23;;;/h4-5,8-9,11-14H,2-3,6-7,10,15-17H2,1H3,(H,27,28,29,30);;;/q;+2;2*-1. The van der Waals surface area contributed by atoms with Crippen molar-refractivity contribution in [2.24, 2.45) is 4.99 Å². The van der Waals surface area contributed by atoms with Crippen LogP contribution in [-0.4, -0.2) is 80.5 Å². The number of aromatic nitrogens is 4. The van der Waals surface area contributed by atoms with E-state index in [0.29, 0.717) is 12.4 Å². The summed E-state index contributed by atoms with van der Waals surface area (Å²) in [6.07, 6.45) is 7.01. The van der Waals surface area contributed by atoms with E-state index in [9.17, 15) is 4.79 Å². The molecule has 1 N–H and O–H groups in total. The van der Waals surface area contributed by atoms with Crippen LogP contribution >= 0.6 is 0 Å². The Morgan fingerprint density at radius 2 is 1.79 bits per heavy atom. The third-order valence-electron chi connectivity index (χ3n) is 6.60. The van der Waals surface area contributed by atoms with E-state index in [-0.39, 0.29) is 46.5 Å². The molecule has 0 unspecified atom stereocenters. The number of amidine groups is 1. The average Bonchev–Trinajstić information content (AvgIpc) is 3.58. The molecule has 8 heteroatoms. The van der Waals surface area contributed by atoms with Crippen LogP contribution in [0.1, 0.15) is 60.3 Å². The van der Waals surface area contributed by atoms with Crippen LogP contribution in [-0.2, 0) is 11.3 Å². The van der Waals surface area contributed by atoms with Gasteiger partial charge < -0.3 is 2.85 Å². The molecule has 0 saturated heterocycles. The number of benzene rings is 2. The Morgan fingerprint density at radius 1 is 1.06 bits per heavy atom. The van der Waals surface area contributed by atoms with Gasteiger partial charge in [0.25, 0.3) is 5.91 Å². The van der Waals surface area contributed by atoms with Gasteiger partial charge in [-0.05, 0) is 41.2 Å². The Bertz CT molecular complexity index is 1130. The van der Waals surface area contributed by atoms with E-state index in [2.05, 4.69) is 57.9 Å². The zero-order valence-electron chi connectivity index (χ0n) is 21.1. The maximum Gasteiger partial charge on any atom is 2.00 e. The Morgan fingerprint density at radius 3 is 2.45 bits per heavy atom. The van der Waals surface area contributed by atoms with Gasteiger partial charge in [-0.3, -0.25) is 14.7 Å². The molecule has 2 aromatic carbocycles. The van der Waals surface area contributed by atoms with Crippen molar-refractivity contribution in [2.75, 3.05) is 0 Å². The molecule has 1 saturated carbocycles. The number of hydrogen-bond acceptors (Lipinski definition) is 5. The first-order chi connectivity index (χ1) is 15.7. The monoisotopic (exact) mass is 470 g/mol. The number of unbranched alkanes of at least 4 members (excludes halogenated alkanes) is 1. The van der Waals surface area contributed by atoms with Gasteiger partial charge >= 0.3 is 37.7 Å². The second kappa shape index (κ2) is 10.4. The average molecular weight is 471 g/mol. The first kappa shape index (κ1) is 24.0. The van der Waals surface area contributed by atoms with Gasteiger partial charge in [-0.25, -0.2) is 0 Å². The predicted molar refractivity (Wildman–Crippen MR) is 132 cm³/mol. The Balaban J connectivity index is 0.00000144. The number of rotatable bonds is 7. The number of hydrogen-bond donors (Lipinski definition) is 1. The second-order valence-corrected chi connectivity index (χ2v) is 8.74. The third-order valence-corrected chi connectivity index (χ3v) is 6.60. The summed E-state index contributed by atoms with van der Waals surface area (Å²) < 4.78 is 0. The molecule has 1 aliphatic heterocycles. The summed E-state index contributed by atoms with van der Waals surface area (Å²) in [5.74, 6) is 1.75. The molecule has 168 valence electrons. The maximum absolute atomic E-state index is 13.4. The van der Waals surface area contributed by atoms with Gasteiger partial charge in [-0.1, -0.05) is 74.7 Å². The molecule has 5 rings (SSSR count). The fourth-order valence-corrected chi connectivity index (χ4v) is 4.88. The molecule has 1 aliphatic carbocycles. The van der Waals surface area contributed by atoms with Gasteiger partial charge in [-0.2, -0.15) is 5.21 Å². The predicted octanol–water partition coefficient (Wildman–Crippen LogP) is 4.62. The van der Waals surface area contributed by atoms with Gasteiger partial charge in [0.15, 0.2) is 0 Å². The fourth-order valence-electron chi connectivity index (χ4n) is 4.88. The van der Waals surface area contributed by atoms with Crippen molar-refractivity contribution < 1.29 is 7.65 Å². The zero-order valence-corrected chi connectivity index (χ0v) is 21.3. The molecule has 3 aromatic rings. The van der Waals surface area contributed by atoms with Crippen molar-refractivity contribution in [2.45, 2.75) is 64.0 Å². The van der Waals surface area contributed by atoms with Crippen LogP contribution in [0.3, 0.4) is 0 Å². The van der Waals surface area contributed by atoms with Crippen LogP contribution in [0, 0.1) is 0 Å². The van der Waals surface area contributed by atoms with E-state index >= 15 is 0 Å². The van der Waals surface area contributed by atoms with E-state index in [4.69, 9.17) is 4.99 Å². The van der Waals surface area contributed by atoms with E-state index in [0.717, 1.165) is 73.0 Å². The third kappa shape index (κ3) is 4.77. The number of carbonyl (C=O) groups excluding carboxylic acids is 1. The number of nitrogens with one attached hydrogen (secondary N) is 1. The van der Waals surface area contributed by atoms with E-state index in [1.165, 1.54) is 0 Å². The first-order valence-electron chi connectivity index (χ1n) is 11.5. The smallest absolute Gasteiger partial charge is 1.00 e. The summed E-state index contributed by atoms with van der Waals surface area (Å²) in [5.41, 5.74) is 3.69. The Kier molecular flexibility index (Phi) is 7.61. The van der Waals surface area contributed by atoms with Crippen molar-refractivity contribution in [1.29, 1.82) is 0 Å². The van der Waals surface area contributed by atoms with Gasteiger partial charge in [0, 0.05) is 12.0 Å². The first-order valence-corrected chi connectivity index (χ1v) is 11.5. The van der Waals surface area contributed by atoms with Crippen molar-refractivity contribution in [3.63, 3.8) is 0 Å². The maximum atomic E-state index is 13.4. The summed E-state index contributed by atoms with van der Waals surface area (Å²) in [6, 6.07) is 16.4. The normalized spacial score (nSPS) is 16.8. The minimum absolute atomic E-state index is 0. The number of amides is 1. The molecule has 1 spiro atoms. The van der Waals surface area contributed by atoms with Crippen LogP contribution < -0.4 is 0 Å². The molecule has 0 bridgehead atoms. The topological polar surface area (TPSA) is 87.1 Å². The van der Waals surface area contributed by atoms with Gasteiger partial charge in [0.2, 0.25) is 5.82 Å². The largest absolute Gasteiger partial charge is 2.00 e. The van der Waals surface area contributed by atoms with Crippen LogP contribution in [0.5, 0.6) is 0 Å². The Hall–Kier alpha value is -2.09. The molecule has 7 nitrogen and oxygen atoms in total. The minimum Gasteiger partial charge on any atom is -1.00 e. The molecule has 1 fully saturated rings. The minimum atomic E-state index is -0.480. The van der Waals surface area contributed by atoms with Crippen LogP contribution in [0.4, 0.5) is 0 Å². The summed E-state index contributed by atoms with van der Waals surface area (Å²) in [4.78, 5) is 20.3. The fraction of sp³-hybridized carbons (Fsp3) is 0.400. The van der Waals surface area contributed by atoms with E-state index in [1.807, 2.05) is 23.1 Å². The zero-order chi connectivity index (χ0) is 22.0. The van der Waals surface area contributed by atoms with Gasteiger partial charge in [0.1, 0.15) is 11.4 Å². The number of tetrazole rings is 1. The number of aromatic amines is 1. The van der Waals surface area contributed by atoms with Crippen LogP contribution in [0.2, 0.25) is 0 Å². The molecule has 1 aromatic heterocycles. The SMILES string of the molecule is CCCCC1=NC2(CCCC2)C(=O)N1Cc1ccc(-c2ccccc2-c2nn[nH]n2)cc1.[Ca+2].[H-].[H-]. The molecular weight excluding hydrogens is 440 g/mol. The summed E-state index contributed by atoms with van der Waals surface area (Å²) >= 11 is 0. The Labute approximate surface area is 227 Å². The number of carbonyl (C=O) groups is 1. The number of aliphatic imine (C=N–C) groups is 1. The van der Waals surface area contributed by atoms with Crippen molar-refractivity contribution in [1.82, 2.24) is 25.5 Å². The van der Waals surface area contributed by atoms with Gasteiger partial charge in [-0.15, -0.1) is 10.2 Å². The molecular formula is C25H30CaN6O. The molecule has 0 atom stereocenters. The van der Waals surface area contributed by atoms with Crippen molar-refractivity contribution in [3.8, 4) is 22.5 Å². The summed E-state index contributed by atoms with van der Waals surface area (Å²) in [6.45, 7) is 2.76. The van der Waals surface area contributed by atoms with Crippen LogP contribution in [0.15, 0.2) is 53.5 Å². The van der Waals surface area contributed by atoms with Crippen molar-refractivity contribution >= 4 is 49.5 Å². The molecule has 1 amide bonds. The number of H-pyrrole nitrogens is 1. The molecule has 33 heavy (non-hydrogen) atoms. The second-order valence-electron chi connectivity index (χ2n) is 8.74. The van der Waals surface area contributed by atoms with E-state index in [1.54, 1.807) is 0 Å².